The Kier molecular flexibility index (Phi) is 9.89. The van der Waals surface area contributed by atoms with Gasteiger partial charge in [0.2, 0.25) is 3.79 Å². The number of methoxy groups -OCH3 is 1. The van der Waals surface area contributed by atoms with E-state index in [9.17, 15) is 9.59 Å². The topological polar surface area (TPSA) is 67.4 Å². The van der Waals surface area contributed by atoms with Gasteiger partial charge in [-0.25, -0.2) is 4.79 Å². The molecule has 0 saturated heterocycles. The second-order valence-corrected chi connectivity index (χ2v) is 14.8. The summed E-state index contributed by atoms with van der Waals surface area (Å²) < 4.78 is 3.26. The molecule has 0 saturated carbocycles. The molecule has 0 radical (unpaired) electrons. The molecule has 4 aromatic rings. The first-order chi connectivity index (χ1) is 19.2. The van der Waals surface area contributed by atoms with E-state index in [0.29, 0.717) is 10.7 Å². The third-order valence-corrected chi connectivity index (χ3v) is 11.3. The lowest BCUT2D eigenvalue weighted by molar-refractivity contribution is -0.133. The van der Waals surface area contributed by atoms with Crippen LogP contribution in [0.3, 0.4) is 0 Å². The van der Waals surface area contributed by atoms with E-state index < -0.39 is 28.7 Å². The second kappa shape index (κ2) is 13.2. The zero-order valence-corrected chi connectivity index (χ0v) is 25.1. The first-order valence-electron chi connectivity index (χ1n) is 12.1. The molecule has 0 bridgehead atoms. The Balaban J connectivity index is 2.02. The van der Waals surface area contributed by atoms with Crippen molar-refractivity contribution < 1.29 is 14.3 Å². The Hall–Kier alpha value is -2.92. The molecule has 0 aliphatic heterocycles. The summed E-state index contributed by atoms with van der Waals surface area (Å²) in [5.74, 6) is -1.54. The van der Waals surface area contributed by atoms with Crippen molar-refractivity contribution in [2.75, 3.05) is 12.4 Å². The van der Waals surface area contributed by atoms with E-state index in [4.69, 9.17) is 51.1 Å². The fourth-order valence-corrected chi connectivity index (χ4v) is 9.09. The highest BCUT2D eigenvalue weighted by atomic mass is 35.6. The number of carbonyl (C=O) groups is 2. The maximum absolute atomic E-state index is 14.4. The molecule has 1 amide bonds. The summed E-state index contributed by atoms with van der Waals surface area (Å²) in [6, 6.07) is 34.9. The average molecular weight is 634 g/mol. The van der Waals surface area contributed by atoms with Crippen LogP contribution in [0.4, 0.5) is 5.69 Å². The normalized spacial score (nSPS) is 12.2. The highest BCUT2D eigenvalue weighted by Gasteiger charge is 2.41. The number of ether oxygens (including phenoxy) is 1. The van der Waals surface area contributed by atoms with Crippen LogP contribution in [0.1, 0.15) is 0 Å². The Morgan fingerprint density at radius 1 is 0.725 bits per heavy atom. The number of alkyl halides is 3. The summed E-state index contributed by atoms with van der Waals surface area (Å²) in [6.07, 6.45) is -1.23. The number of nitrogens with one attached hydrogen (secondary N) is 2. The van der Waals surface area contributed by atoms with E-state index in [-0.39, 0.29) is 5.29 Å². The fourth-order valence-electron chi connectivity index (χ4n) is 4.38. The Morgan fingerprint density at radius 3 is 1.52 bits per heavy atom. The van der Waals surface area contributed by atoms with E-state index in [1.54, 1.807) is 24.3 Å². The van der Waals surface area contributed by atoms with E-state index in [2.05, 4.69) is 10.6 Å². The van der Waals surface area contributed by atoms with E-state index in [1.807, 2.05) is 91.0 Å². The quantitative estimate of drug-likeness (QED) is 0.0833. The van der Waals surface area contributed by atoms with Crippen LogP contribution in [0.5, 0.6) is 0 Å². The molecule has 206 valence electrons. The summed E-state index contributed by atoms with van der Waals surface area (Å²) in [6.45, 7) is -3.13. The minimum atomic E-state index is -3.13. The van der Waals surface area contributed by atoms with Crippen LogP contribution in [-0.2, 0) is 14.3 Å². The zero-order valence-electron chi connectivity index (χ0n) is 21.2. The number of carbonyl (C=O) groups excluding carboxylic acids is 2. The van der Waals surface area contributed by atoms with Crippen molar-refractivity contribution in [3.8, 4) is 0 Å². The predicted molar refractivity (Wildman–Crippen MR) is 169 cm³/mol. The molecule has 4 rings (SSSR count). The van der Waals surface area contributed by atoms with Crippen molar-refractivity contribution in [1.29, 1.82) is 0 Å². The number of anilines is 1. The molecular weight excluding hydrogens is 609 g/mol. The average Bonchev–Trinajstić information content (AvgIpc) is 2.97. The van der Waals surface area contributed by atoms with Crippen molar-refractivity contribution in [1.82, 2.24) is 5.32 Å². The van der Waals surface area contributed by atoms with Gasteiger partial charge in [-0.1, -0.05) is 137 Å². The summed E-state index contributed by atoms with van der Waals surface area (Å²) in [4.78, 5) is 28.1. The van der Waals surface area contributed by atoms with Crippen LogP contribution in [0.25, 0.3) is 0 Å². The monoisotopic (exact) mass is 632 g/mol. The largest absolute Gasteiger partial charge is 0.465 e. The summed E-state index contributed by atoms with van der Waals surface area (Å²) >= 11 is 25.0. The van der Waals surface area contributed by atoms with Crippen LogP contribution >= 0.6 is 53.3 Å². The summed E-state index contributed by atoms with van der Waals surface area (Å²) in [5, 5.41) is 8.53. The number of hydrogen-bond acceptors (Lipinski definition) is 4. The molecule has 40 heavy (non-hydrogen) atoms. The minimum absolute atomic E-state index is 0.101. The Bertz CT molecular complexity index is 1410. The molecule has 0 unspecified atom stereocenters. The fraction of sp³-hybridized carbons (Fsp3) is 0.100. The minimum Gasteiger partial charge on any atom is -0.465 e. The maximum Gasteiger partial charge on any atom is 0.344 e. The lowest BCUT2D eigenvalue weighted by Gasteiger charge is -2.33. The zero-order chi connectivity index (χ0) is 28.8. The van der Waals surface area contributed by atoms with Gasteiger partial charge in [0.15, 0.2) is 0 Å². The molecule has 0 aliphatic rings. The van der Waals surface area contributed by atoms with Gasteiger partial charge in [-0.05, 0) is 47.1 Å². The molecule has 0 aromatic heterocycles. The first-order valence-corrected chi connectivity index (χ1v) is 15.4. The van der Waals surface area contributed by atoms with Gasteiger partial charge in [-0.15, -0.1) is 0 Å². The number of halogens is 4. The van der Waals surface area contributed by atoms with Crippen LogP contribution in [0.2, 0.25) is 5.02 Å². The Morgan fingerprint density at radius 2 is 1.15 bits per heavy atom. The smallest absolute Gasteiger partial charge is 0.344 e. The third-order valence-electron chi connectivity index (χ3n) is 6.12. The maximum atomic E-state index is 14.4. The molecule has 4 aromatic carbocycles. The van der Waals surface area contributed by atoms with Gasteiger partial charge in [0.05, 0.1) is 7.11 Å². The number of amides is 1. The van der Waals surface area contributed by atoms with Gasteiger partial charge in [0.25, 0.3) is 5.91 Å². The van der Waals surface area contributed by atoms with Gasteiger partial charge < -0.3 is 15.4 Å². The molecule has 2 N–H and O–H groups in total. The van der Waals surface area contributed by atoms with Gasteiger partial charge in [-0.2, -0.15) is 0 Å². The number of benzene rings is 4. The van der Waals surface area contributed by atoms with Crippen molar-refractivity contribution in [3.05, 3.63) is 120 Å². The van der Waals surface area contributed by atoms with Crippen molar-refractivity contribution in [2.45, 2.75) is 9.96 Å². The summed E-state index contributed by atoms with van der Waals surface area (Å²) in [7, 11) is 1.24. The van der Waals surface area contributed by atoms with E-state index in [1.165, 1.54) is 7.11 Å². The number of rotatable bonds is 8. The molecule has 0 fully saturated rings. The van der Waals surface area contributed by atoms with Gasteiger partial charge in [0, 0.05) is 10.7 Å². The number of esters is 1. The molecule has 0 heterocycles. The molecule has 0 spiro atoms. The van der Waals surface area contributed by atoms with Crippen molar-refractivity contribution >= 4 is 92.1 Å². The van der Waals surface area contributed by atoms with Gasteiger partial charge >= 0.3 is 5.97 Å². The summed E-state index contributed by atoms with van der Waals surface area (Å²) in [5.41, 5.74) is 0.538. The van der Waals surface area contributed by atoms with Crippen LogP contribution in [0.15, 0.2) is 115 Å². The molecule has 1 atom stereocenters. The van der Waals surface area contributed by atoms with Gasteiger partial charge in [0.1, 0.15) is 11.5 Å². The predicted octanol–water partition coefficient (Wildman–Crippen LogP) is 5.90. The van der Waals surface area contributed by atoms with Crippen molar-refractivity contribution in [3.63, 3.8) is 0 Å². The van der Waals surface area contributed by atoms with Crippen LogP contribution < -0.4 is 26.5 Å². The lowest BCUT2D eigenvalue weighted by Crippen LogP contribution is -2.53. The number of hydrogen-bond donors (Lipinski definition) is 2. The second-order valence-electron chi connectivity index (χ2n) is 8.62. The van der Waals surface area contributed by atoms with E-state index >= 15 is 0 Å². The van der Waals surface area contributed by atoms with Crippen molar-refractivity contribution in [2.24, 2.45) is 0 Å². The first kappa shape index (κ1) is 30.0. The lowest BCUT2D eigenvalue weighted by atomic mass is 10.3. The van der Waals surface area contributed by atoms with Crippen LogP contribution in [0, 0.1) is 0 Å². The third kappa shape index (κ3) is 6.52. The van der Waals surface area contributed by atoms with Gasteiger partial charge in [-0.3, -0.25) is 4.79 Å². The molecule has 5 nitrogen and oxygen atoms in total. The molecule has 10 heteroatoms. The Labute approximate surface area is 253 Å². The standard InChI is InChI=1S/C30H25Cl4N2O3P/c1-39-28(38)26(27(37)36-29(30(32,33)34)35-22-19-17-21(31)18-20-22)40(23-11-5-2-6-12-23,24-13-7-3-8-14-24)25-15-9-4-10-16-25/h2-20,29,35H,1H3,(H,36,37)/t29-/m0/s1. The molecule has 0 aliphatic carbocycles. The molecular formula is C30H25Cl4N2O3P. The van der Waals surface area contributed by atoms with Crippen LogP contribution in [-0.4, -0.2) is 34.2 Å². The highest BCUT2D eigenvalue weighted by Crippen LogP contribution is 2.46. The highest BCUT2D eigenvalue weighted by molar-refractivity contribution is 7.97. The van der Waals surface area contributed by atoms with E-state index in [0.717, 1.165) is 15.9 Å². The SMILES string of the molecule is COC(=O)C(C(=O)N[C@H](Nc1ccc(Cl)cc1)C(Cl)(Cl)Cl)=P(c1ccccc1)(c1ccccc1)c1ccccc1.